The Morgan fingerprint density at radius 2 is 2.39 bits per heavy atom. The van der Waals surface area contributed by atoms with E-state index in [9.17, 15) is 9.90 Å². The van der Waals surface area contributed by atoms with Crippen LogP contribution in [0.2, 0.25) is 0 Å². The summed E-state index contributed by atoms with van der Waals surface area (Å²) >= 11 is 0. The third-order valence-corrected chi connectivity index (χ3v) is 3.02. The van der Waals surface area contributed by atoms with Gasteiger partial charge in [-0.05, 0) is 12.1 Å². The fourth-order valence-corrected chi connectivity index (χ4v) is 2.11. The molecule has 1 saturated heterocycles. The van der Waals surface area contributed by atoms with Crippen molar-refractivity contribution in [1.29, 1.82) is 0 Å². The topological polar surface area (TPSA) is 82.8 Å². The van der Waals surface area contributed by atoms with Crippen molar-refractivity contribution in [3.63, 3.8) is 0 Å². The molecule has 2 aromatic heterocycles. The first kappa shape index (κ1) is 11.0. The molecule has 2 aromatic rings. The van der Waals surface area contributed by atoms with Crippen molar-refractivity contribution in [1.82, 2.24) is 19.9 Å². The maximum atomic E-state index is 11.2. The summed E-state index contributed by atoms with van der Waals surface area (Å²) in [6.45, 7) is 1.73. The lowest BCUT2D eigenvalue weighted by Crippen LogP contribution is -2.55. The number of aliphatic carboxylic acids is 1. The Kier molecular flexibility index (Phi) is 2.60. The molecule has 0 aromatic carbocycles. The molecule has 1 aliphatic rings. The van der Waals surface area contributed by atoms with E-state index in [1.807, 2.05) is 18.2 Å². The van der Waals surface area contributed by atoms with Crippen molar-refractivity contribution in [3.05, 3.63) is 24.4 Å². The van der Waals surface area contributed by atoms with Crippen LogP contribution in [-0.4, -0.2) is 51.4 Å². The number of anilines is 1. The van der Waals surface area contributed by atoms with Crippen LogP contribution in [0, 0.1) is 0 Å². The molecular weight excluding hydrogens is 234 g/mol. The second kappa shape index (κ2) is 4.26. The second-order valence-electron chi connectivity index (χ2n) is 4.17. The highest BCUT2D eigenvalue weighted by Gasteiger charge is 2.30. The summed E-state index contributed by atoms with van der Waals surface area (Å²) in [6.07, 6.45) is 1.80. The van der Waals surface area contributed by atoms with Crippen molar-refractivity contribution < 1.29 is 9.90 Å². The smallest absolute Gasteiger partial charge is 0.327 e. The maximum absolute atomic E-state index is 11.2. The molecule has 3 rings (SSSR count). The van der Waals surface area contributed by atoms with E-state index in [2.05, 4.69) is 15.4 Å². The highest BCUT2D eigenvalue weighted by molar-refractivity contribution is 5.78. The fourth-order valence-electron chi connectivity index (χ4n) is 2.11. The first-order valence-electron chi connectivity index (χ1n) is 5.77. The van der Waals surface area contributed by atoms with Crippen LogP contribution >= 0.6 is 0 Å². The van der Waals surface area contributed by atoms with Gasteiger partial charge in [-0.1, -0.05) is 6.07 Å². The Hall–Kier alpha value is -2.15. The van der Waals surface area contributed by atoms with Gasteiger partial charge in [0.25, 0.3) is 0 Å². The van der Waals surface area contributed by atoms with Crippen LogP contribution in [-0.2, 0) is 4.79 Å². The Bertz CT molecular complexity index is 549. The summed E-state index contributed by atoms with van der Waals surface area (Å²) in [6, 6.07) is 4.96. The quantitative estimate of drug-likeness (QED) is 0.751. The molecule has 0 saturated carbocycles. The van der Waals surface area contributed by atoms with Gasteiger partial charge in [0.2, 0.25) is 5.95 Å². The predicted octanol–water partition coefficient (Wildman–Crippen LogP) is -0.408. The van der Waals surface area contributed by atoms with Gasteiger partial charge in [-0.3, -0.25) is 0 Å². The van der Waals surface area contributed by atoms with Crippen molar-refractivity contribution in [2.45, 2.75) is 6.04 Å². The van der Waals surface area contributed by atoms with E-state index >= 15 is 0 Å². The van der Waals surface area contributed by atoms with Crippen LogP contribution in [0.15, 0.2) is 24.4 Å². The molecule has 18 heavy (non-hydrogen) atoms. The molecule has 1 aliphatic heterocycles. The summed E-state index contributed by atoms with van der Waals surface area (Å²) in [5, 5.41) is 16.6. The van der Waals surface area contributed by atoms with E-state index in [4.69, 9.17) is 0 Å². The van der Waals surface area contributed by atoms with Gasteiger partial charge in [0, 0.05) is 25.8 Å². The third kappa shape index (κ3) is 1.78. The van der Waals surface area contributed by atoms with Gasteiger partial charge in [-0.15, -0.1) is 5.10 Å². The number of carboxylic acid groups (broad SMARTS) is 1. The lowest BCUT2D eigenvalue weighted by atomic mass is 10.2. The minimum Gasteiger partial charge on any atom is -0.480 e. The van der Waals surface area contributed by atoms with E-state index in [1.54, 1.807) is 15.6 Å². The summed E-state index contributed by atoms with van der Waals surface area (Å²) in [5.74, 6) is -0.392. The minimum absolute atomic E-state index is 0.408. The molecular formula is C11H13N5O2. The van der Waals surface area contributed by atoms with Gasteiger partial charge in [0.15, 0.2) is 5.65 Å². The highest BCUT2D eigenvalue weighted by Crippen LogP contribution is 2.15. The summed E-state index contributed by atoms with van der Waals surface area (Å²) in [7, 11) is 0. The molecule has 0 aliphatic carbocycles. The maximum Gasteiger partial charge on any atom is 0.327 e. The second-order valence-corrected chi connectivity index (χ2v) is 4.17. The molecule has 94 valence electrons. The molecule has 2 N–H and O–H groups in total. The van der Waals surface area contributed by atoms with E-state index in [0.29, 0.717) is 19.0 Å². The molecule has 0 bridgehead atoms. The van der Waals surface area contributed by atoms with Gasteiger partial charge < -0.3 is 15.3 Å². The summed E-state index contributed by atoms with van der Waals surface area (Å²) < 4.78 is 1.65. The first-order chi connectivity index (χ1) is 8.75. The van der Waals surface area contributed by atoms with Gasteiger partial charge in [-0.2, -0.15) is 4.98 Å². The Morgan fingerprint density at radius 3 is 3.17 bits per heavy atom. The number of pyridine rings is 1. The molecule has 1 unspecified atom stereocenters. The lowest BCUT2D eigenvalue weighted by molar-refractivity contribution is -0.138. The van der Waals surface area contributed by atoms with E-state index in [0.717, 1.165) is 12.2 Å². The van der Waals surface area contributed by atoms with Crippen molar-refractivity contribution in [2.75, 3.05) is 24.5 Å². The molecule has 1 fully saturated rings. The van der Waals surface area contributed by atoms with Crippen LogP contribution in [0.25, 0.3) is 5.65 Å². The first-order valence-corrected chi connectivity index (χ1v) is 5.77. The fraction of sp³-hybridized carbons (Fsp3) is 0.364. The van der Waals surface area contributed by atoms with Gasteiger partial charge in [-0.25, -0.2) is 9.31 Å². The molecule has 0 amide bonds. The summed E-state index contributed by atoms with van der Waals surface area (Å²) in [5.41, 5.74) is 0.718. The Balaban J connectivity index is 1.98. The number of carbonyl (C=O) groups is 1. The van der Waals surface area contributed by atoms with Crippen LogP contribution in [0.3, 0.4) is 0 Å². The Morgan fingerprint density at radius 1 is 1.50 bits per heavy atom. The number of piperazine rings is 1. The number of nitrogens with one attached hydrogen (secondary N) is 1. The Labute approximate surface area is 103 Å². The SMILES string of the molecule is O=C(O)C1CNCCN1c1nc2ccccn2n1. The number of carboxylic acids is 1. The van der Waals surface area contributed by atoms with Crippen LogP contribution in [0.4, 0.5) is 5.95 Å². The number of hydrogen-bond donors (Lipinski definition) is 2. The minimum atomic E-state index is -0.860. The molecule has 3 heterocycles. The molecule has 7 heteroatoms. The van der Waals surface area contributed by atoms with Gasteiger partial charge in [0.05, 0.1) is 0 Å². The van der Waals surface area contributed by atoms with Gasteiger partial charge in [0.1, 0.15) is 6.04 Å². The van der Waals surface area contributed by atoms with Crippen molar-refractivity contribution in [2.24, 2.45) is 0 Å². The third-order valence-electron chi connectivity index (χ3n) is 3.02. The zero-order valence-corrected chi connectivity index (χ0v) is 9.65. The van der Waals surface area contributed by atoms with Crippen LogP contribution < -0.4 is 10.2 Å². The largest absolute Gasteiger partial charge is 0.480 e. The number of aromatic nitrogens is 3. The van der Waals surface area contributed by atoms with Crippen LogP contribution in [0.1, 0.15) is 0 Å². The average molecular weight is 247 g/mol. The predicted molar refractivity (Wildman–Crippen MR) is 64.6 cm³/mol. The molecule has 0 spiro atoms. The van der Waals surface area contributed by atoms with E-state index < -0.39 is 12.0 Å². The van der Waals surface area contributed by atoms with Crippen molar-refractivity contribution in [3.8, 4) is 0 Å². The number of rotatable bonds is 2. The number of hydrogen-bond acceptors (Lipinski definition) is 5. The van der Waals surface area contributed by atoms with E-state index in [-0.39, 0.29) is 0 Å². The monoisotopic (exact) mass is 247 g/mol. The standard InChI is InChI=1S/C11H13N5O2/c17-10(18)8-7-12-4-6-15(8)11-13-9-3-1-2-5-16(9)14-11/h1-3,5,8,12H,4,6-7H2,(H,17,18). The summed E-state index contributed by atoms with van der Waals surface area (Å²) in [4.78, 5) is 17.3. The molecule has 7 nitrogen and oxygen atoms in total. The zero-order valence-electron chi connectivity index (χ0n) is 9.65. The highest BCUT2D eigenvalue weighted by atomic mass is 16.4. The molecule has 0 radical (unpaired) electrons. The number of nitrogens with zero attached hydrogens (tertiary/aromatic N) is 4. The lowest BCUT2D eigenvalue weighted by Gasteiger charge is -2.32. The van der Waals surface area contributed by atoms with Crippen molar-refractivity contribution >= 4 is 17.6 Å². The molecule has 1 atom stereocenters. The zero-order chi connectivity index (χ0) is 12.5. The van der Waals surface area contributed by atoms with E-state index in [1.165, 1.54) is 0 Å². The van der Waals surface area contributed by atoms with Crippen LogP contribution in [0.5, 0.6) is 0 Å². The average Bonchev–Trinajstić information content (AvgIpc) is 2.82. The normalized spacial score (nSPS) is 20.2. The number of fused-ring (bicyclic) bond motifs is 1. The van der Waals surface area contributed by atoms with Gasteiger partial charge >= 0.3 is 5.97 Å².